The number of tetrazole rings is 1. The van der Waals surface area contributed by atoms with Gasteiger partial charge in [-0.2, -0.15) is 5.21 Å². The number of aromatic nitrogens is 4. The monoisotopic (exact) mass is 239 g/mol. The fourth-order valence-electron chi connectivity index (χ4n) is 1.53. The van der Waals surface area contributed by atoms with E-state index in [4.69, 9.17) is 0 Å². The molecule has 1 unspecified atom stereocenters. The van der Waals surface area contributed by atoms with Gasteiger partial charge in [0, 0.05) is 11.6 Å². The molecule has 0 aliphatic rings. The van der Waals surface area contributed by atoms with Crippen molar-refractivity contribution < 1.29 is 8.78 Å². The average Bonchev–Trinajstić information content (AvgIpc) is 2.79. The smallest absolute Gasteiger partial charge is 0.188 e. The normalized spacial score (nSPS) is 12.6. The Labute approximate surface area is 96.2 Å². The van der Waals surface area contributed by atoms with Crippen LogP contribution in [0.5, 0.6) is 0 Å². The Balaban J connectivity index is 2.07. The first kappa shape index (κ1) is 11.6. The third-order valence-corrected chi connectivity index (χ3v) is 2.39. The number of H-pyrrole nitrogens is 1. The van der Waals surface area contributed by atoms with Gasteiger partial charge in [-0.05, 0) is 19.1 Å². The first-order valence-corrected chi connectivity index (χ1v) is 5.08. The fourth-order valence-corrected chi connectivity index (χ4v) is 1.53. The van der Waals surface area contributed by atoms with E-state index in [0.29, 0.717) is 5.82 Å². The SMILES string of the molecule is CC(NCc1nn[nH]n1)c1c(F)cccc1F. The van der Waals surface area contributed by atoms with E-state index in [2.05, 4.69) is 25.9 Å². The third kappa shape index (κ3) is 2.62. The fraction of sp³-hybridized carbons (Fsp3) is 0.300. The molecule has 1 aromatic carbocycles. The molecule has 90 valence electrons. The van der Waals surface area contributed by atoms with Crippen molar-refractivity contribution in [3.63, 3.8) is 0 Å². The first-order valence-electron chi connectivity index (χ1n) is 5.08. The van der Waals surface area contributed by atoms with Crippen LogP contribution in [0.3, 0.4) is 0 Å². The lowest BCUT2D eigenvalue weighted by molar-refractivity contribution is 0.482. The molecule has 0 saturated heterocycles. The summed E-state index contributed by atoms with van der Waals surface area (Å²) in [5, 5.41) is 16.1. The molecule has 17 heavy (non-hydrogen) atoms. The molecule has 0 spiro atoms. The second-order valence-corrected chi connectivity index (χ2v) is 3.57. The third-order valence-electron chi connectivity index (χ3n) is 2.39. The number of benzene rings is 1. The zero-order chi connectivity index (χ0) is 12.3. The van der Waals surface area contributed by atoms with Crippen LogP contribution in [-0.4, -0.2) is 20.6 Å². The first-order chi connectivity index (χ1) is 8.18. The van der Waals surface area contributed by atoms with Crippen molar-refractivity contribution in [1.82, 2.24) is 25.9 Å². The van der Waals surface area contributed by atoms with Crippen LogP contribution in [-0.2, 0) is 6.54 Å². The molecule has 0 saturated carbocycles. The highest BCUT2D eigenvalue weighted by Crippen LogP contribution is 2.20. The lowest BCUT2D eigenvalue weighted by Gasteiger charge is -2.14. The number of hydrogen-bond acceptors (Lipinski definition) is 4. The van der Waals surface area contributed by atoms with E-state index in [1.54, 1.807) is 6.92 Å². The number of nitrogens with zero attached hydrogens (tertiary/aromatic N) is 3. The molecule has 1 aromatic heterocycles. The van der Waals surface area contributed by atoms with Crippen molar-refractivity contribution in [2.24, 2.45) is 0 Å². The quantitative estimate of drug-likeness (QED) is 0.844. The number of aromatic amines is 1. The molecule has 0 fully saturated rings. The molecule has 0 radical (unpaired) electrons. The zero-order valence-electron chi connectivity index (χ0n) is 9.11. The summed E-state index contributed by atoms with van der Waals surface area (Å²) in [7, 11) is 0. The summed E-state index contributed by atoms with van der Waals surface area (Å²) in [5.74, 6) is -0.704. The van der Waals surface area contributed by atoms with Crippen LogP contribution in [0.2, 0.25) is 0 Å². The Bertz CT molecular complexity index is 465. The van der Waals surface area contributed by atoms with Crippen LogP contribution in [0, 0.1) is 11.6 Å². The molecule has 0 aliphatic heterocycles. The Morgan fingerprint density at radius 1 is 1.35 bits per heavy atom. The van der Waals surface area contributed by atoms with Crippen molar-refractivity contribution >= 4 is 0 Å². The van der Waals surface area contributed by atoms with Crippen LogP contribution < -0.4 is 5.32 Å². The van der Waals surface area contributed by atoms with E-state index in [0.717, 1.165) is 0 Å². The molecule has 1 atom stereocenters. The van der Waals surface area contributed by atoms with E-state index < -0.39 is 17.7 Å². The van der Waals surface area contributed by atoms with E-state index in [9.17, 15) is 8.78 Å². The largest absolute Gasteiger partial charge is 0.303 e. The summed E-state index contributed by atoms with van der Waals surface area (Å²) in [6.45, 7) is 1.95. The van der Waals surface area contributed by atoms with Gasteiger partial charge in [-0.1, -0.05) is 11.3 Å². The second-order valence-electron chi connectivity index (χ2n) is 3.57. The maximum absolute atomic E-state index is 13.4. The minimum Gasteiger partial charge on any atom is -0.303 e. The van der Waals surface area contributed by atoms with Crippen LogP contribution >= 0.6 is 0 Å². The molecule has 2 aromatic rings. The molecule has 7 heteroatoms. The molecule has 2 rings (SSSR count). The Morgan fingerprint density at radius 2 is 2.06 bits per heavy atom. The highest BCUT2D eigenvalue weighted by Gasteiger charge is 2.15. The summed E-state index contributed by atoms with van der Waals surface area (Å²) in [6.07, 6.45) is 0. The van der Waals surface area contributed by atoms with E-state index >= 15 is 0 Å². The van der Waals surface area contributed by atoms with Gasteiger partial charge in [0.05, 0.1) is 6.54 Å². The lowest BCUT2D eigenvalue weighted by atomic mass is 10.1. The van der Waals surface area contributed by atoms with Crippen molar-refractivity contribution in [3.8, 4) is 0 Å². The van der Waals surface area contributed by atoms with Gasteiger partial charge in [-0.25, -0.2) is 8.78 Å². The number of hydrogen-bond donors (Lipinski definition) is 2. The molecular weight excluding hydrogens is 228 g/mol. The van der Waals surface area contributed by atoms with Crippen molar-refractivity contribution in [3.05, 3.63) is 41.2 Å². The second kappa shape index (κ2) is 4.96. The Morgan fingerprint density at radius 3 is 2.65 bits per heavy atom. The van der Waals surface area contributed by atoms with Crippen LogP contribution in [0.1, 0.15) is 24.4 Å². The summed E-state index contributed by atoms with van der Waals surface area (Å²) in [5.41, 5.74) is 0.0102. The number of halogens is 2. The Kier molecular flexibility index (Phi) is 3.38. The average molecular weight is 239 g/mol. The standard InChI is InChI=1S/C10H11F2N5/c1-6(13-5-9-14-16-17-15-9)10-7(11)3-2-4-8(10)12/h2-4,6,13H,5H2,1H3,(H,14,15,16,17). The molecule has 0 aliphatic carbocycles. The molecule has 0 bridgehead atoms. The summed E-state index contributed by atoms with van der Waals surface area (Å²) < 4.78 is 26.9. The van der Waals surface area contributed by atoms with Crippen molar-refractivity contribution in [1.29, 1.82) is 0 Å². The summed E-state index contributed by atoms with van der Waals surface area (Å²) in [6, 6.07) is 3.31. The van der Waals surface area contributed by atoms with Crippen LogP contribution in [0.4, 0.5) is 8.78 Å². The molecular formula is C10H11F2N5. The van der Waals surface area contributed by atoms with Gasteiger partial charge in [-0.3, -0.25) is 0 Å². The lowest BCUT2D eigenvalue weighted by Crippen LogP contribution is -2.21. The molecule has 2 N–H and O–H groups in total. The van der Waals surface area contributed by atoms with Gasteiger partial charge in [-0.15, -0.1) is 10.2 Å². The van der Waals surface area contributed by atoms with Gasteiger partial charge in [0.2, 0.25) is 0 Å². The highest BCUT2D eigenvalue weighted by atomic mass is 19.1. The minimum absolute atomic E-state index is 0.0102. The van der Waals surface area contributed by atoms with Gasteiger partial charge < -0.3 is 5.32 Å². The topological polar surface area (TPSA) is 66.5 Å². The molecule has 0 amide bonds. The number of nitrogens with one attached hydrogen (secondary N) is 2. The highest BCUT2D eigenvalue weighted by molar-refractivity contribution is 5.22. The predicted molar refractivity (Wildman–Crippen MR) is 55.8 cm³/mol. The molecule has 5 nitrogen and oxygen atoms in total. The summed E-state index contributed by atoms with van der Waals surface area (Å²) >= 11 is 0. The van der Waals surface area contributed by atoms with Gasteiger partial charge >= 0.3 is 0 Å². The Hall–Kier alpha value is -1.89. The van der Waals surface area contributed by atoms with Gasteiger partial charge in [0.25, 0.3) is 0 Å². The van der Waals surface area contributed by atoms with Gasteiger partial charge in [0.15, 0.2) is 5.82 Å². The van der Waals surface area contributed by atoms with Crippen LogP contribution in [0.25, 0.3) is 0 Å². The maximum atomic E-state index is 13.4. The van der Waals surface area contributed by atoms with E-state index in [1.165, 1.54) is 18.2 Å². The van der Waals surface area contributed by atoms with Gasteiger partial charge in [0.1, 0.15) is 11.6 Å². The number of rotatable bonds is 4. The maximum Gasteiger partial charge on any atom is 0.188 e. The minimum atomic E-state index is -0.571. The van der Waals surface area contributed by atoms with E-state index in [-0.39, 0.29) is 12.1 Å². The zero-order valence-corrected chi connectivity index (χ0v) is 9.11. The van der Waals surface area contributed by atoms with Crippen LogP contribution in [0.15, 0.2) is 18.2 Å². The predicted octanol–water partition coefficient (Wildman–Crippen LogP) is 1.33. The summed E-state index contributed by atoms with van der Waals surface area (Å²) in [4.78, 5) is 0. The van der Waals surface area contributed by atoms with E-state index in [1.807, 2.05) is 0 Å². The van der Waals surface area contributed by atoms with Crippen molar-refractivity contribution in [2.75, 3.05) is 0 Å². The van der Waals surface area contributed by atoms with Crippen molar-refractivity contribution in [2.45, 2.75) is 19.5 Å². The molecule has 1 heterocycles.